The van der Waals surface area contributed by atoms with Gasteiger partial charge in [-0.25, -0.2) is 9.67 Å². The minimum atomic E-state index is -0.190. The SMILES string of the molecule is Cc1ccc(C#N)c(-n2ccc(C(=O)N(C)C)n2)n1. The van der Waals surface area contributed by atoms with Crippen LogP contribution in [0.3, 0.4) is 0 Å². The van der Waals surface area contributed by atoms with Gasteiger partial charge in [0.25, 0.3) is 5.91 Å². The molecule has 0 spiro atoms. The molecule has 0 bridgehead atoms. The van der Waals surface area contributed by atoms with E-state index in [4.69, 9.17) is 5.26 Å². The lowest BCUT2D eigenvalue weighted by Crippen LogP contribution is -2.22. The zero-order valence-electron chi connectivity index (χ0n) is 11.0. The van der Waals surface area contributed by atoms with Gasteiger partial charge in [-0.1, -0.05) is 0 Å². The second-order valence-electron chi connectivity index (χ2n) is 4.28. The number of rotatable bonds is 2. The van der Waals surface area contributed by atoms with Gasteiger partial charge >= 0.3 is 0 Å². The average Bonchev–Trinajstić information content (AvgIpc) is 2.87. The van der Waals surface area contributed by atoms with Crippen LogP contribution in [0.5, 0.6) is 0 Å². The Morgan fingerprint density at radius 3 is 2.74 bits per heavy atom. The maximum atomic E-state index is 11.8. The van der Waals surface area contributed by atoms with Gasteiger partial charge in [-0.2, -0.15) is 10.4 Å². The van der Waals surface area contributed by atoms with Crippen molar-refractivity contribution < 1.29 is 4.79 Å². The van der Waals surface area contributed by atoms with Crippen molar-refractivity contribution in [3.63, 3.8) is 0 Å². The third-order valence-corrected chi connectivity index (χ3v) is 2.57. The molecule has 19 heavy (non-hydrogen) atoms. The lowest BCUT2D eigenvalue weighted by molar-refractivity contribution is 0.0821. The molecule has 96 valence electrons. The van der Waals surface area contributed by atoms with Gasteiger partial charge in [-0.3, -0.25) is 4.79 Å². The van der Waals surface area contributed by atoms with Crippen LogP contribution >= 0.6 is 0 Å². The average molecular weight is 255 g/mol. The summed E-state index contributed by atoms with van der Waals surface area (Å²) in [5.41, 5.74) is 1.51. The van der Waals surface area contributed by atoms with E-state index >= 15 is 0 Å². The second kappa shape index (κ2) is 4.90. The van der Waals surface area contributed by atoms with Crippen molar-refractivity contribution in [1.29, 1.82) is 5.26 Å². The number of nitrogens with zero attached hydrogens (tertiary/aromatic N) is 5. The summed E-state index contributed by atoms with van der Waals surface area (Å²) in [4.78, 5) is 17.5. The van der Waals surface area contributed by atoms with E-state index in [1.165, 1.54) is 9.58 Å². The molecule has 0 N–H and O–H groups in total. The Bertz CT molecular complexity index is 666. The van der Waals surface area contributed by atoms with Gasteiger partial charge in [0.05, 0.1) is 5.56 Å². The first-order valence-electron chi connectivity index (χ1n) is 5.68. The van der Waals surface area contributed by atoms with Crippen LogP contribution in [-0.4, -0.2) is 39.7 Å². The first kappa shape index (κ1) is 12.8. The Morgan fingerprint density at radius 1 is 1.37 bits per heavy atom. The standard InChI is InChI=1S/C13H13N5O/c1-9-4-5-10(8-14)12(15-9)18-7-6-11(16-18)13(19)17(2)3/h4-7H,1-3H3. The van der Waals surface area contributed by atoms with Crippen molar-refractivity contribution in [1.82, 2.24) is 19.7 Å². The number of pyridine rings is 1. The topological polar surface area (TPSA) is 74.8 Å². The monoisotopic (exact) mass is 255 g/mol. The summed E-state index contributed by atoms with van der Waals surface area (Å²) >= 11 is 0. The van der Waals surface area contributed by atoms with Crippen molar-refractivity contribution >= 4 is 5.91 Å². The van der Waals surface area contributed by atoms with Gasteiger partial charge in [0, 0.05) is 26.0 Å². The summed E-state index contributed by atoms with van der Waals surface area (Å²) in [7, 11) is 3.32. The van der Waals surface area contributed by atoms with E-state index in [2.05, 4.69) is 16.2 Å². The number of aryl methyl sites for hydroxylation is 1. The quantitative estimate of drug-likeness (QED) is 0.806. The first-order valence-corrected chi connectivity index (χ1v) is 5.68. The Morgan fingerprint density at radius 2 is 2.11 bits per heavy atom. The fourth-order valence-electron chi connectivity index (χ4n) is 1.59. The summed E-state index contributed by atoms with van der Waals surface area (Å²) in [6.07, 6.45) is 1.62. The number of carbonyl (C=O) groups excluding carboxylic acids is 1. The third kappa shape index (κ3) is 2.45. The molecular formula is C13H13N5O. The van der Waals surface area contributed by atoms with Gasteiger partial charge in [-0.15, -0.1) is 0 Å². The van der Waals surface area contributed by atoms with Crippen LogP contribution in [0.15, 0.2) is 24.4 Å². The van der Waals surface area contributed by atoms with Crippen molar-refractivity contribution in [3.05, 3.63) is 41.3 Å². The summed E-state index contributed by atoms with van der Waals surface area (Å²) in [6, 6.07) is 7.12. The highest BCUT2D eigenvalue weighted by atomic mass is 16.2. The molecule has 0 fully saturated rings. The Kier molecular flexibility index (Phi) is 3.29. The number of aromatic nitrogens is 3. The highest BCUT2D eigenvalue weighted by Gasteiger charge is 2.14. The van der Waals surface area contributed by atoms with E-state index in [1.54, 1.807) is 38.5 Å². The van der Waals surface area contributed by atoms with Gasteiger partial charge in [-0.05, 0) is 25.1 Å². The number of carbonyl (C=O) groups is 1. The number of hydrogen-bond donors (Lipinski definition) is 0. The summed E-state index contributed by atoms with van der Waals surface area (Å²) in [6.45, 7) is 1.83. The minimum absolute atomic E-state index is 0.190. The normalized spacial score (nSPS) is 10.0. The van der Waals surface area contributed by atoms with E-state index < -0.39 is 0 Å². The predicted molar refractivity (Wildman–Crippen MR) is 68.8 cm³/mol. The zero-order valence-corrected chi connectivity index (χ0v) is 11.0. The van der Waals surface area contributed by atoms with Gasteiger partial charge < -0.3 is 4.90 Å². The molecule has 2 heterocycles. The second-order valence-corrected chi connectivity index (χ2v) is 4.28. The summed E-state index contributed by atoms with van der Waals surface area (Å²) < 4.78 is 1.45. The number of amides is 1. The fourth-order valence-corrected chi connectivity index (χ4v) is 1.59. The molecule has 1 amide bonds. The zero-order chi connectivity index (χ0) is 14.0. The first-order chi connectivity index (χ1) is 9.02. The van der Waals surface area contributed by atoms with E-state index in [0.717, 1.165) is 5.69 Å². The minimum Gasteiger partial charge on any atom is -0.343 e. The van der Waals surface area contributed by atoms with Crippen LogP contribution in [0.25, 0.3) is 5.82 Å². The van der Waals surface area contributed by atoms with Crippen LogP contribution in [-0.2, 0) is 0 Å². The Labute approximate surface area is 110 Å². The predicted octanol–water partition coefficient (Wildman–Crippen LogP) is 1.15. The summed E-state index contributed by atoms with van der Waals surface area (Å²) in [5, 5.41) is 13.2. The molecule has 0 atom stereocenters. The molecule has 2 aromatic rings. The molecular weight excluding hydrogens is 242 g/mol. The summed E-state index contributed by atoms with van der Waals surface area (Å²) in [5.74, 6) is 0.241. The van der Waals surface area contributed by atoms with Crippen LogP contribution in [0.4, 0.5) is 0 Å². The molecule has 2 rings (SSSR count). The molecule has 2 aromatic heterocycles. The molecule has 0 saturated heterocycles. The molecule has 0 saturated carbocycles. The van der Waals surface area contributed by atoms with E-state index in [9.17, 15) is 4.79 Å². The van der Waals surface area contributed by atoms with Gasteiger partial charge in [0.1, 0.15) is 6.07 Å². The Balaban J connectivity index is 2.47. The van der Waals surface area contributed by atoms with Crippen molar-refractivity contribution in [3.8, 4) is 11.9 Å². The van der Waals surface area contributed by atoms with Crippen LogP contribution in [0.2, 0.25) is 0 Å². The molecule has 0 radical (unpaired) electrons. The van der Waals surface area contributed by atoms with Crippen LogP contribution in [0, 0.1) is 18.3 Å². The molecule has 0 aliphatic carbocycles. The molecule has 0 aromatic carbocycles. The maximum Gasteiger partial charge on any atom is 0.273 e. The van der Waals surface area contributed by atoms with Crippen LogP contribution in [0.1, 0.15) is 21.7 Å². The van der Waals surface area contributed by atoms with Crippen molar-refractivity contribution in [2.24, 2.45) is 0 Å². The third-order valence-electron chi connectivity index (χ3n) is 2.57. The van der Waals surface area contributed by atoms with Gasteiger partial charge in [0.2, 0.25) is 0 Å². The van der Waals surface area contributed by atoms with Crippen molar-refractivity contribution in [2.45, 2.75) is 6.92 Å². The lowest BCUT2D eigenvalue weighted by atomic mass is 10.2. The fraction of sp³-hybridized carbons (Fsp3) is 0.231. The van der Waals surface area contributed by atoms with Crippen molar-refractivity contribution in [2.75, 3.05) is 14.1 Å². The molecule has 0 aliphatic rings. The molecule has 0 unspecified atom stereocenters. The van der Waals surface area contributed by atoms with Gasteiger partial charge in [0.15, 0.2) is 11.5 Å². The van der Waals surface area contributed by atoms with E-state index in [1.807, 2.05) is 6.92 Å². The van der Waals surface area contributed by atoms with E-state index in [0.29, 0.717) is 17.1 Å². The molecule has 6 heteroatoms. The highest BCUT2D eigenvalue weighted by molar-refractivity contribution is 5.91. The number of nitriles is 1. The smallest absolute Gasteiger partial charge is 0.273 e. The largest absolute Gasteiger partial charge is 0.343 e. The number of hydrogen-bond acceptors (Lipinski definition) is 4. The Hall–Kier alpha value is -2.68. The highest BCUT2D eigenvalue weighted by Crippen LogP contribution is 2.12. The molecule has 6 nitrogen and oxygen atoms in total. The maximum absolute atomic E-state index is 11.8. The lowest BCUT2D eigenvalue weighted by Gasteiger charge is -2.07. The molecule has 0 aliphatic heterocycles. The van der Waals surface area contributed by atoms with E-state index in [-0.39, 0.29) is 5.91 Å². The van der Waals surface area contributed by atoms with Crippen LogP contribution < -0.4 is 0 Å².